The SMILES string of the molecule is O=C(O)C(NC1CC1)c1cc(Cl)c2c(c1)OCO2. The number of ether oxygens (including phenoxy) is 2. The lowest BCUT2D eigenvalue weighted by molar-refractivity contribution is -0.139. The zero-order chi connectivity index (χ0) is 12.7. The maximum Gasteiger partial charge on any atom is 0.325 e. The number of carboxylic acid groups (broad SMARTS) is 1. The molecule has 3 rings (SSSR count). The monoisotopic (exact) mass is 269 g/mol. The summed E-state index contributed by atoms with van der Waals surface area (Å²) in [6.07, 6.45) is 2.03. The fourth-order valence-electron chi connectivity index (χ4n) is 1.95. The molecule has 2 N–H and O–H groups in total. The van der Waals surface area contributed by atoms with Gasteiger partial charge in [-0.15, -0.1) is 0 Å². The Bertz CT molecular complexity index is 501. The van der Waals surface area contributed by atoms with Gasteiger partial charge in [-0.1, -0.05) is 11.6 Å². The van der Waals surface area contributed by atoms with Gasteiger partial charge in [0.25, 0.3) is 0 Å². The highest BCUT2D eigenvalue weighted by Gasteiger charge is 2.31. The lowest BCUT2D eigenvalue weighted by Gasteiger charge is -2.15. The van der Waals surface area contributed by atoms with E-state index in [1.807, 2.05) is 0 Å². The van der Waals surface area contributed by atoms with Crippen molar-refractivity contribution in [3.8, 4) is 11.5 Å². The first-order chi connectivity index (χ1) is 8.65. The van der Waals surface area contributed by atoms with Crippen LogP contribution in [0.4, 0.5) is 0 Å². The standard InChI is InChI=1S/C12H12ClNO4/c13-8-3-6(4-9-11(8)18-5-17-9)10(12(15)16)14-7-1-2-7/h3-4,7,10,14H,1-2,5H2,(H,15,16). The Morgan fingerprint density at radius 1 is 1.44 bits per heavy atom. The Morgan fingerprint density at radius 2 is 2.22 bits per heavy atom. The highest BCUT2D eigenvalue weighted by atomic mass is 35.5. The summed E-state index contributed by atoms with van der Waals surface area (Å²) in [7, 11) is 0. The first kappa shape index (κ1) is 11.6. The van der Waals surface area contributed by atoms with E-state index in [4.69, 9.17) is 21.1 Å². The van der Waals surface area contributed by atoms with Gasteiger partial charge in [0.15, 0.2) is 11.5 Å². The minimum Gasteiger partial charge on any atom is -0.480 e. The van der Waals surface area contributed by atoms with Gasteiger partial charge in [0.1, 0.15) is 6.04 Å². The van der Waals surface area contributed by atoms with Crippen LogP contribution in [-0.4, -0.2) is 23.9 Å². The molecule has 6 heteroatoms. The summed E-state index contributed by atoms with van der Waals surface area (Å²) < 4.78 is 10.4. The Hall–Kier alpha value is -1.46. The van der Waals surface area contributed by atoms with Crippen molar-refractivity contribution in [1.82, 2.24) is 5.32 Å². The molecule has 1 heterocycles. The summed E-state index contributed by atoms with van der Waals surface area (Å²) in [4.78, 5) is 11.3. The number of hydrogen-bond acceptors (Lipinski definition) is 4. The molecule has 0 aromatic heterocycles. The summed E-state index contributed by atoms with van der Waals surface area (Å²) in [6, 6.07) is 2.81. The predicted molar refractivity (Wildman–Crippen MR) is 64.1 cm³/mol. The van der Waals surface area contributed by atoms with E-state index in [9.17, 15) is 9.90 Å². The normalized spacial score (nSPS) is 18.7. The summed E-state index contributed by atoms with van der Waals surface area (Å²) in [6.45, 7) is 0.117. The predicted octanol–water partition coefficient (Wildman–Crippen LogP) is 1.95. The van der Waals surface area contributed by atoms with Crippen molar-refractivity contribution in [2.75, 3.05) is 6.79 Å². The molecular formula is C12H12ClNO4. The molecule has 96 valence electrons. The van der Waals surface area contributed by atoms with Gasteiger partial charge in [-0.25, -0.2) is 0 Å². The first-order valence-electron chi connectivity index (χ1n) is 5.73. The fraction of sp³-hybridized carbons (Fsp3) is 0.417. The molecule has 1 atom stereocenters. The molecule has 1 unspecified atom stereocenters. The van der Waals surface area contributed by atoms with Crippen molar-refractivity contribution in [2.45, 2.75) is 24.9 Å². The lowest BCUT2D eigenvalue weighted by Crippen LogP contribution is -2.30. The smallest absolute Gasteiger partial charge is 0.325 e. The van der Waals surface area contributed by atoms with E-state index in [1.165, 1.54) is 0 Å². The quantitative estimate of drug-likeness (QED) is 0.874. The second-order valence-corrected chi connectivity index (χ2v) is 4.86. The number of benzene rings is 1. The third-order valence-electron chi connectivity index (χ3n) is 3.01. The van der Waals surface area contributed by atoms with Gasteiger partial charge in [0.2, 0.25) is 6.79 Å². The van der Waals surface area contributed by atoms with Crippen molar-refractivity contribution in [1.29, 1.82) is 0 Å². The first-order valence-corrected chi connectivity index (χ1v) is 6.11. The van der Waals surface area contributed by atoms with E-state index in [-0.39, 0.29) is 12.8 Å². The van der Waals surface area contributed by atoms with Gasteiger partial charge in [0.05, 0.1) is 5.02 Å². The molecule has 1 aliphatic heterocycles. The van der Waals surface area contributed by atoms with Gasteiger partial charge in [-0.2, -0.15) is 0 Å². The number of fused-ring (bicyclic) bond motifs is 1. The van der Waals surface area contributed by atoms with Crippen LogP contribution in [0, 0.1) is 0 Å². The molecule has 0 radical (unpaired) electrons. The van der Waals surface area contributed by atoms with E-state index in [2.05, 4.69) is 5.32 Å². The van der Waals surface area contributed by atoms with E-state index >= 15 is 0 Å². The third-order valence-corrected chi connectivity index (χ3v) is 3.29. The summed E-state index contributed by atoms with van der Waals surface area (Å²) in [5.74, 6) is 0.0640. The molecule has 2 aliphatic rings. The average molecular weight is 270 g/mol. The molecule has 0 bridgehead atoms. The van der Waals surface area contributed by atoms with Gasteiger partial charge < -0.3 is 14.6 Å². The second kappa shape index (κ2) is 4.33. The molecule has 0 amide bonds. The van der Waals surface area contributed by atoms with E-state index in [0.29, 0.717) is 22.1 Å². The van der Waals surface area contributed by atoms with Crippen LogP contribution in [0.5, 0.6) is 11.5 Å². The van der Waals surface area contributed by atoms with Gasteiger partial charge in [-0.05, 0) is 30.5 Å². The van der Waals surface area contributed by atoms with Crippen LogP contribution in [0.3, 0.4) is 0 Å². The topological polar surface area (TPSA) is 67.8 Å². The van der Waals surface area contributed by atoms with Crippen LogP contribution in [0.2, 0.25) is 5.02 Å². The summed E-state index contributed by atoms with van der Waals surface area (Å²) in [5, 5.41) is 12.7. The van der Waals surface area contributed by atoms with Crippen molar-refractivity contribution in [3.63, 3.8) is 0 Å². The zero-order valence-corrected chi connectivity index (χ0v) is 10.2. The molecule has 18 heavy (non-hydrogen) atoms. The number of halogens is 1. The number of nitrogens with one attached hydrogen (secondary N) is 1. The Balaban J connectivity index is 1.93. The van der Waals surface area contributed by atoms with Crippen LogP contribution in [0.25, 0.3) is 0 Å². The number of hydrogen-bond donors (Lipinski definition) is 2. The lowest BCUT2D eigenvalue weighted by atomic mass is 10.1. The van der Waals surface area contributed by atoms with Gasteiger partial charge >= 0.3 is 5.97 Å². The van der Waals surface area contributed by atoms with E-state index < -0.39 is 12.0 Å². The molecule has 1 saturated carbocycles. The molecule has 0 saturated heterocycles. The van der Waals surface area contributed by atoms with Gasteiger partial charge in [0, 0.05) is 6.04 Å². The molecule has 0 spiro atoms. The molecule has 1 aromatic carbocycles. The van der Waals surface area contributed by atoms with Crippen LogP contribution in [0.15, 0.2) is 12.1 Å². The molecular weight excluding hydrogens is 258 g/mol. The third kappa shape index (κ3) is 2.11. The number of carboxylic acids is 1. The highest BCUT2D eigenvalue weighted by molar-refractivity contribution is 6.32. The maximum atomic E-state index is 11.3. The summed E-state index contributed by atoms with van der Waals surface area (Å²) >= 11 is 6.05. The Kier molecular flexibility index (Phi) is 2.80. The van der Waals surface area contributed by atoms with Crippen LogP contribution >= 0.6 is 11.6 Å². The van der Waals surface area contributed by atoms with Crippen molar-refractivity contribution < 1.29 is 19.4 Å². The Morgan fingerprint density at radius 3 is 2.89 bits per heavy atom. The van der Waals surface area contributed by atoms with Crippen molar-refractivity contribution in [3.05, 3.63) is 22.7 Å². The zero-order valence-electron chi connectivity index (χ0n) is 9.48. The second-order valence-electron chi connectivity index (χ2n) is 4.45. The Labute approximate surface area is 109 Å². The molecule has 5 nitrogen and oxygen atoms in total. The maximum absolute atomic E-state index is 11.3. The van der Waals surface area contributed by atoms with E-state index in [0.717, 1.165) is 12.8 Å². The van der Waals surface area contributed by atoms with Crippen LogP contribution < -0.4 is 14.8 Å². The number of aliphatic carboxylic acids is 1. The molecule has 1 aromatic rings. The fourth-order valence-corrected chi connectivity index (χ4v) is 2.22. The van der Waals surface area contributed by atoms with Crippen molar-refractivity contribution in [2.24, 2.45) is 0 Å². The van der Waals surface area contributed by atoms with E-state index in [1.54, 1.807) is 12.1 Å². The number of carbonyl (C=O) groups is 1. The largest absolute Gasteiger partial charge is 0.480 e. The average Bonchev–Trinajstić information content (AvgIpc) is 3.01. The highest BCUT2D eigenvalue weighted by Crippen LogP contribution is 2.41. The van der Waals surface area contributed by atoms with Gasteiger partial charge in [-0.3, -0.25) is 10.1 Å². The summed E-state index contributed by atoms with van der Waals surface area (Å²) in [5.41, 5.74) is 0.587. The number of rotatable bonds is 4. The van der Waals surface area contributed by atoms with Crippen LogP contribution in [0.1, 0.15) is 24.4 Å². The minimum atomic E-state index is -0.920. The minimum absolute atomic E-state index is 0.117. The van der Waals surface area contributed by atoms with Crippen molar-refractivity contribution >= 4 is 17.6 Å². The molecule has 1 fully saturated rings. The molecule has 1 aliphatic carbocycles. The van der Waals surface area contributed by atoms with Crippen LogP contribution in [-0.2, 0) is 4.79 Å².